The quantitative estimate of drug-likeness (QED) is 0.605. The van der Waals surface area contributed by atoms with Crippen LogP contribution >= 0.6 is 0 Å². The molecule has 1 saturated heterocycles. The summed E-state index contributed by atoms with van der Waals surface area (Å²) in [5.41, 5.74) is -0.279. The van der Waals surface area contributed by atoms with Gasteiger partial charge in [-0.3, -0.25) is 0 Å². The minimum absolute atomic E-state index is 0.234. The Hall–Kier alpha value is -1.68. The van der Waals surface area contributed by atoms with Crippen LogP contribution in [0.3, 0.4) is 0 Å². The first-order chi connectivity index (χ1) is 9.77. The van der Waals surface area contributed by atoms with Crippen LogP contribution in [0, 0.1) is 0 Å². The van der Waals surface area contributed by atoms with E-state index in [9.17, 15) is 28.5 Å². The molecule has 0 spiro atoms. The Bertz CT molecular complexity index is 648. The van der Waals surface area contributed by atoms with Crippen LogP contribution in [-0.2, 0) is 14.8 Å². The molecule has 1 aromatic carbocycles. The lowest BCUT2D eigenvalue weighted by molar-refractivity contribution is 0.0572. The fourth-order valence-electron chi connectivity index (χ4n) is 2.03. The highest BCUT2D eigenvalue weighted by atomic mass is 32.2. The maximum atomic E-state index is 12.4. The van der Waals surface area contributed by atoms with Crippen LogP contribution < -0.4 is 0 Å². The smallest absolute Gasteiger partial charge is 0.341 e. The van der Waals surface area contributed by atoms with Crippen molar-refractivity contribution in [2.45, 2.75) is 17.1 Å². The summed E-state index contributed by atoms with van der Waals surface area (Å²) in [5.74, 6) is -1.27. The average molecular weight is 317 g/mol. The molecule has 116 valence electrons. The molecule has 0 radical (unpaired) electrons. The number of esters is 1. The molecule has 0 bridgehead atoms. The van der Waals surface area contributed by atoms with Crippen LogP contribution in [0.15, 0.2) is 23.1 Å². The molecule has 0 aromatic heterocycles. The molecule has 8 nitrogen and oxygen atoms in total. The van der Waals surface area contributed by atoms with Gasteiger partial charge >= 0.3 is 5.97 Å². The van der Waals surface area contributed by atoms with Gasteiger partial charge in [0.1, 0.15) is 11.3 Å². The van der Waals surface area contributed by atoms with E-state index >= 15 is 0 Å². The van der Waals surface area contributed by atoms with E-state index in [1.54, 1.807) is 0 Å². The maximum Gasteiger partial charge on any atom is 0.341 e. The fourth-order valence-corrected chi connectivity index (χ4v) is 3.53. The van der Waals surface area contributed by atoms with Crippen LogP contribution in [0.4, 0.5) is 0 Å². The number of aliphatic hydroxyl groups excluding tert-OH is 2. The van der Waals surface area contributed by atoms with Crippen LogP contribution in [0.1, 0.15) is 10.4 Å². The largest absolute Gasteiger partial charge is 0.507 e. The third-order valence-electron chi connectivity index (χ3n) is 3.24. The second-order valence-electron chi connectivity index (χ2n) is 4.63. The lowest BCUT2D eigenvalue weighted by atomic mass is 10.2. The van der Waals surface area contributed by atoms with Gasteiger partial charge < -0.3 is 20.1 Å². The summed E-state index contributed by atoms with van der Waals surface area (Å²) in [6.07, 6.45) is -2.31. The molecule has 2 rings (SSSR count). The minimum atomic E-state index is -3.99. The summed E-state index contributed by atoms with van der Waals surface area (Å²) in [6.45, 7) is -0.476. The van der Waals surface area contributed by atoms with Gasteiger partial charge in [-0.1, -0.05) is 0 Å². The number of rotatable bonds is 3. The number of β-amino-alcohol motifs (C(OH)–C–C–N with tert-alkyl or cyclic N) is 2. The van der Waals surface area contributed by atoms with Crippen LogP contribution in [0.25, 0.3) is 0 Å². The highest BCUT2D eigenvalue weighted by Crippen LogP contribution is 2.26. The second kappa shape index (κ2) is 5.60. The Balaban J connectivity index is 2.40. The number of benzene rings is 1. The lowest BCUT2D eigenvalue weighted by Crippen LogP contribution is -2.30. The summed E-state index contributed by atoms with van der Waals surface area (Å²) < 4.78 is 30.1. The van der Waals surface area contributed by atoms with Crippen molar-refractivity contribution in [1.29, 1.82) is 0 Å². The van der Waals surface area contributed by atoms with E-state index in [1.807, 2.05) is 0 Å². The molecule has 2 atom stereocenters. The Labute approximate surface area is 121 Å². The molecule has 1 fully saturated rings. The van der Waals surface area contributed by atoms with Crippen molar-refractivity contribution in [3.63, 3.8) is 0 Å². The number of aliphatic hydroxyl groups is 2. The number of sulfonamides is 1. The zero-order chi connectivity index (χ0) is 15.8. The number of carbonyl (C=O) groups excluding carboxylic acids is 1. The highest BCUT2D eigenvalue weighted by molar-refractivity contribution is 7.89. The SMILES string of the molecule is COC(=O)c1cc(S(=O)(=O)N2CC(O)C(O)C2)ccc1O. The Morgan fingerprint density at radius 1 is 1.29 bits per heavy atom. The van der Waals surface area contributed by atoms with Gasteiger partial charge in [0.2, 0.25) is 10.0 Å². The van der Waals surface area contributed by atoms with E-state index in [0.717, 1.165) is 29.6 Å². The summed E-state index contributed by atoms with van der Waals surface area (Å²) in [5, 5.41) is 28.4. The molecule has 0 aliphatic carbocycles. The Kier molecular flexibility index (Phi) is 4.19. The van der Waals surface area contributed by atoms with Gasteiger partial charge in [0.15, 0.2) is 0 Å². The minimum Gasteiger partial charge on any atom is -0.507 e. The average Bonchev–Trinajstić information content (AvgIpc) is 2.79. The topological polar surface area (TPSA) is 124 Å². The van der Waals surface area contributed by atoms with Crippen molar-refractivity contribution in [1.82, 2.24) is 4.31 Å². The Morgan fingerprint density at radius 3 is 2.38 bits per heavy atom. The molecule has 2 unspecified atom stereocenters. The molecule has 21 heavy (non-hydrogen) atoms. The predicted octanol–water partition coefficient (Wildman–Crippen LogP) is -1.10. The van der Waals surface area contributed by atoms with Crippen molar-refractivity contribution in [2.24, 2.45) is 0 Å². The van der Waals surface area contributed by atoms with Gasteiger partial charge in [-0.2, -0.15) is 4.31 Å². The van der Waals surface area contributed by atoms with Gasteiger partial charge in [0, 0.05) is 13.1 Å². The molecule has 1 heterocycles. The second-order valence-corrected chi connectivity index (χ2v) is 6.57. The molecule has 9 heteroatoms. The van der Waals surface area contributed by atoms with E-state index in [2.05, 4.69) is 4.74 Å². The lowest BCUT2D eigenvalue weighted by Gasteiger charge is -2.16. The molecule has 1 aromatic rings. The van der Waals surface area contributed by atoms with E-state index < -0.39 is 34.0 Å². The zero-order valence-corrected chi connectivity index (χ0v) is 11.9. The molecule has 3 N–H and O–H groups in total. The number of carbonyl (C=O) groups is 1. The van der Waals surface area contributed by atoms with Crippen LogP contribution in [-0.4, -0.2) is 66.4 Å². The number of phenolic OH excluding ortho intramolecular Hbond substituents is 1. The van der Waals surface area contributed by atoms with Crippen molar-refractivity contribution >= 4 is 16.0 Å². The van der Waals surface area contributed by atoms with E-state index in [4.69, 9.17) is 0 Å². The zero-order valence-electron chi connectivity index (χ0n) is 11.1. The summed E-state index contributed by atoms with van der Waals surface area (Å²) >= 11 is 0. The van der Waals surface area contributed by atoms with Gasteiger partial charge in [-0.15, -0.1) is 0 Å². The number of phenols is 1. The number of nitrogens with zero attached hydrogens (tertiary/aromatic N) is 1. The van der Waals surface area contributed by atoms with Crippen LogP contribution in [0.5, 0.6) is 5.75 Å². The fraction of sp³-hybridized carbons (Fsp3) is 0.417. The van der Waals surface area contributed by atoms with Gasteiger partial charge in [0.05, 0.1) is 24.2 Å². The van der Waals surface area contributed by atoms with Gasteiger partial charge in [-0.05, 0) is 18.2 Å². The number of hydrogen-bond donors (Lipinski definition) is 3. The molecule has 0 saturated carbocycles. The third-order valence-corrected chi connectivity index (χ3v) is 5.06. The molecule has 1 aliphatic heterocycles. The monoisotopic (exact) mass is 317 g/mol. The first kappa shape index (κ1) is 15.7. The Morgan fingerprint density at radius 2 is 1.86 bits per heavy atom. The molecular weight excluding hydrogens is 302 g/mol. The first-order valence-electron chi connectivity index (χ1n) is 6.05. The van der Waals surface area contributed by atoms with E-state index in [0.29, 0.717) is 0 Å². The highest BCUT2D eigenvalue weighted by Gasteiger charge is 2.37. The molecular formula is C12H15NO7S. The number of hydrogen-bond acceptors (Lipinski definition) is 7. The van der Waals surface area contributed by atoms with Crippen molar-refractivity contribution in [2.75, 3.05) is 20.2 Å². The van der Waals surface area contributed by atoms with Crippen LogP contribution in [0.2, 0.25) is 0 Å². The van der Waals surface area contributed by atoms with E-state index in [-0.39, 0.29) is 23.5 Å². The van der Waals surface area contributed by atoms with E-state index in [1.165, 1.54) is 0 Å². The molecule has 0 amide bonds. The number of aromatic hydroxyl groups is 1. The normalized spacial score (nSPS) is 23.2. The molecule has 1 aliphatic rings. The first-order valence-corrected chi connectivity index (χ1v) is 7.49. The maximum absolute atomic E-state index is 12.4. The summed E-state index contributed by atoms with van der Waals surface area (Å²) in [4.78, 5) is 11.2. The van der Waals surface area contributed by atoms with Crippen molar-refractivity contribution < 1.29 is 33.3 Å². The van der Waals surface area contributed by atoms with Crippen molar-refractivity contribution in [3.8, 4) is 5.75 Å². The number of ether oxygens (including phenoxy) is 1. The van der Waals surface area contributed by atoms with Crippen molar-refractivity contribution in [3.05, 3.63) is 23.8 Å². The summed E-state index contributed by atoms with van der Waals surface area (Å²) in [7, 11) is -2.88. The van der Waals surface area contributed by atoms with Gasteiger partial charge in [-0.25, -0.2) is 13.2 Å². The predicted molar refractivity (Wildman–Crippen MR) is 70.2 cm³/mol. The number of methoxy groups -OCH3 is 1. The summed E-state index contributed by atoms with van der Waals surface area (Å²) in [6, 6.07) is 3.20. The third kappa shape index (κ3) is 2.86. The standard InChI is InChI=1S/C12H15NO7S/c1-20-12(17)8-4-7(2-3-9(8)14)21(18,19)13-5-10(15)11(16)6-13/h2-4,10-11,14-16H,5-6H2,1H3. The van der Waals surface area contributed by atoms with Gasteiger partial charge in [0.25, 0.3) is 0 Å².